The van der Waals surface area contributed by atoms with E-state index in [1.165, 1.54) is 0 Å². The number of rotatable bonds is 6. The first-order valence-electron chi connectivity index (χ1n) is 4.47. The van der Waals surface area contributed by atoms with Gasteiger partial charge >= 0.3 is 5.97 Å². The lowest BCUT2D eigenvalue weighted by Crippen LogP contribution is -2.32. The molecule has 0 fully saturated rings. The molecule has 0 aromatic carbocycles. The predicted octanol–water partition coefficient (Wildman–Crippen LogP) is -0.912. The van der Waals surface area contributed by atoms with Crippen LogP contribution in [-0.4, -0.2) is 29.6 Å². The van der Waals surface area contributed by atoms with Gasteiger partial charge in [0.1, 0.15) is 6.04 Å². The standard InChI is InChI=1S/C8H18N4O2/c1-5(2-3-12-8(10)11)4-6(9)7(13)14/h5-6H,2-4,9H2,1H3,(H,13,14)(H4,10,11,12)/t5?,6-/m0/s1. The Hall–Kier alpha value is -1.30. The molecule has 0 bridgehead atoms. The van der Waals surface area contributed by atoms with Gasteiger partial charge in [-0.2, -0.15) is 0 Å². The van der Waals surface area contributed by atoms with Gasteiger partial charge in [-0.25, -0.2) is 0 Å². The maximum Gasteiger partial charge on any atom is 0.320 e. The third-order valence-corrected chi connectivity index (χ3v) is 1.89. The van der Waals surface area contributed by atoms with Gasteiger partial charge in [-0.05, 0) is 18.8 Å². The number of carboxylic acids is 1. The lowest BCUT2D eigenvalue weighted by atomic mass is 9.99. The number of hydrogen-bond acceptors (Lipinski definition) is 3. The second-order valence-corrected chi connectivity index (χ2v) is 3.38. The summed E-state index contributed by atoms with van der Waals surface area (Å²) in [6.07, 6.45) is 1.17. The second kappa shape index (κ2) is 6.20. The molecule has 0 aromatic heterocycles. The first-order valence-corrected chi connectivity index (χ1v) is 4.47. The molecule has 0 heterocycles. The highest BCUT2D eigenvalue weighted by Crippen LogP contribution is 2.09. The van der Waals surface area contributed by atoms with Crippen molar-refractivity contribution in [1.82, 2.24) is 0 Å². The van der Waals surface area contributed by atoms with Gasteiger partial charge in [0.25, 0.3) is 0 Å². The smallest absolute Gasteiger partial charge is 0.320 e. The van der Waals surface area contributed by atoms with Crippen molar-refractivity contribution in [3.8, 4) is 0 Å². The predicted molar refractivity (Wildman–Crippen MR) is 54.7 cm³/mol. The zero-order valence-electron chi connectivity index (χ0n) is 8.31. The molecule has 0 rings (SSSR count). The Labute approximate surface area is 83.2 Å². The van der Waals surface area contributed by atoms with Crippen molar-refractivity contribution in [3.05, 3.63) is 0 Å². The summed E-state index contributed by atoms with van der Waals surface area (Å²) in [5.74, 6) is -0.720. The molecule has 6 nitrogen and oxygen atoms in total. The van der Waals surface area contributed by atoms with Crippen molar-refractivity contribution in [2.75, 3.05) is 6.54 Å². The second-order valence-electron chi connectivity index (χ2n) is 3.38. The van der Waals surface area contributed by atoms with Crippen LogP contribution in [0, 0.1) is 5.92 Å². The first kappa shape index (κ1) is 12.7. The van der Waals surface area contributed by atoms with Crippen molar-refractivity contribution >= 4 is 11.9 Å². The van der Waals surface area contributed by atoms with Gasteiger partial charge in [0, 0.05) is 6.54 Å². The molecule has 1 unspecified atom stereocenters. The average Bonchev–Trinajstić information content (AvgIpc) is 2.02. The third-order valence-electron chi connectivity index (χ3n) is 1.89. The first-order chi connectivity index (χ1) is 6.43. The number of carbonyl (C=O) groups is 1. The van der Waals surface area contributed by atoms with Gasteiger partial charge in [0.05, 0.1) is 0 Å². The van der Waals surface area contributed by atoms with Crippen LogP contribution < -0.4 is 17.2 Å². The van der Waals surface area contributed by atoms with Crippen LogP contribution in [0.2, 0.25) is 0 Å². The van der Waals surface area contributed by atoms with E-state index in [0.29, 0.717) is 13.0 Å². The number of hydrogen-bond donors (Lipinski definition) is 4. The van der Waals surface area contributed by atoms with Crippen molar-refractivity contribution in [2.45, 2.75) is 25.8 Å². The maximum atomic E-state index is 10.4. The summed E-state index contributed by atoms with van der Waals surface area (Å²) in [6.45, 7) is 2.43. The molecule has 0 aliphatic heterocycles. The largest absolute Gasteiger partial charge is 0.480 e. The number of nitrogens with zero attached hydrogens (tertiary/aromatic N) is 1. The molecular formula is C8H18N4O2. The lowest BCUT2D eigenvalue weighted by molar-refractivity contribution is -0.138. The minimum absolute atomic E-state index is 0.0553. The topological polar surface area (TPSA) is 128 Å². The number of guanidine groups is 1. The highest BCUT2D eigenvalue weighted by molar-refractivity contribution is 5.75. The highest BCUT2D eigenvalue weighted by atomic mass is 16.4. The lowest BCUT2D eigenvalue weighted by Gasteiger charge is -2.12. The Bertz CT molecular complexity index is 213. The summed E-state index contributed by atoms with van der Waals surface area (Å²) in [7, 11) is 0. The van der Waals surface area contributed by atoms with E-state index in [1.807, 2.05) is 6.92 Å². The molecule has 6 heteroatoms. The number of carboxylic acid groups (broad SMARTS) is 1. The fourth-order valence-corrected chi connectivity index (χ4v) is 1.07. The van der Waals surface area contributed by atoms with E-state index in [4.69, 9.17) is 22.3 Å². The summed E-state index contributed by atoms with van der Waals surface area (Å²) in [5.41, 5.74) is 15.6. The van der Waals surface area contributed by atoms with Gasteiger partial charge in [0.15, 0.2) is 5.96 Å². The highest BCUT2D eigenvalue weighted by Gasteiger charge is 2.14. The van der Waals surface area contributed by atoms with E-state index >= 15 is 0 Å². The SMILES string of the molecule is CC(CCN=C(N)N)C[C@H](N)C(=O)O. The monoisotopic (exact) mass is 202 g/mol. The zero-order valence-corrected chi connectivity index (χ0v) is 8.31. The van der Waals surface area contributed by atoms with Crippen molar-refractivity contribution < 1.29 is 9.90 Å². The molecule has 0 amide bonds. The van der Waals surface area contributed by atoms with Crippen LogP contribution in [0.4, 0.5) is 0 Å². The fraction of sp³-hybridized carbons (Fsp3) is 0.750. The Morgan fingerprint density at radius 1 is 1.50 bits per heavy atom. The Kier molecular flexibility index (Phi) is 5.62. The zero-order chi connectivity index (χ0) is 11.1. The Morgan fingerprint density at radius 2 is 2.07 bits per heavy atom. The molecule has 0 saturated heterocycles. The van der Waals surface area contributed by atoms with E-state index in [-0.39, 0.29) is 11.9 Å². The summed E-state index contributed by atoms with van der Waals surface area (Å²) in [6, 6.07) is -0.802. The fourth-order valence-electron chi connectivity index (χ4n) is 1.07. The van der Waals surface area contributed by atoms with Gasteiger partial charge in [-0.15, -0.1) is 0 Å². The normalized spacial score (nSPS) is 14.4. The van der Waals surface area contributed by atoms with Gasteiger partial charge < -0.3 is 22.3 Å². The van der Waals surface area contributed by atoms with Crippen molar-refractivity contribution in [1.29, 1.82) is 0 Å². The van der Waals surface area contributed by atoms with Crippen LogP contribution in [0.25, 0.3) is 0 Å². The molecule has 0 aliphatic rings. The molecule has 0 radical (unpaired) electrons. The molecule has 0 spiro atoms. The maximum absolute atomic E-state index is 10.4. The van der Waals surface area contributed by atoms with Crippen LogP contribution in [0.3, 0.4) is 0 Å². The molecule has 2 atom stereocenters. The minimum Gasteiger partial charge on any atom is -0.480 e. The van der Waals surface area contributed by atoms with E-state index in [2.05, 4.69) is 4.99 Å². The van der Waals surface area contributed by atoms with E-state index < -0.39 is 12.0 Å². The summed E-state index contributed by atoms with van der Waals surface area (Å²) < 4.78 is 0. The van der Waals surface area contributed by atoms with Crippen molar-refractivity contribution in [3.63, 3.8) is 0 Å². The Morgan fingerprint density at radius 3 is 2.50 bits per heavy atom. The summed E-state index contributed by atoms with van der Waals surface area (Å²) >= 11 is 0. The molecular weight excluding hydrogens is 184 g/mol. The average molecular weight is 202 g/mol. The van der Waals surface area contributed by atoms with Gasteiger partial charge in [-0.3, -0.25) is 9.79 Å². The van der Waals surface area contributed by atoms with E-state index in [9.17, 15) is 4.79 Å². The number of aliphatic imine (C=N–C) groups is 1. The number of aliphatic carboxylic acids is 1. The quantitative estimate of drug-likeness (QED) is 0.327. The molecule has 0 aliphatic carbocycles. The van der Waals surface area contributed by atoms with Gasteiger partial charge in [0.2, 0.25) is 0 Å². The number of nitrogens with two attached hydrogens (primary N) is 3. The minimum atomic E-state index is -0.973. The molecule has 0 aromatic rings. The molecule has 82 valence electrons. The molecule has 14 heavy (non-hydrogen) atoms. The molecule has 0 saturated carbocycles. The van der Waals surface area contributed by atoms with Crippen LogP contribution in [0.1, 0.15) is 19.8 Å². The van der Waals surface area contributed by atoms with Crippen LogP contribution in [-0.2, 0) is 4.79 Å². The summed E-state index contributed by atoms with van der Waals surface area (Å²) in [5, 5.41) is 8.55. The molecule has 7 N–H and O–H groups in total. The van der Waals surface area contributed by atoms with E-state index in [1.54, 1.807) is 0 Å². The third kappa shape index (κ3) is 6.24. The van der Waals surface area contributed by atoms with Crippen LogP contribution in [0.5, 0.6) is 0 Å². The Balaban J connectivity index is 3.70. The van der Waals surface area contributed by atoms with Crippen LogP contribution >= 0.6 is 0 Å². The van der Waals surface area contributed by atoms with E-state index in [0.717, 1.165) is 6.42 Å². The van der Waals surface area contributed by atoms with Crippen LogP contribution in [0.15, 0.2) is 4.99 Å². The van der Waals surface area contributed by atoms with Crippen molar-refractivity contribution in [2.24, 2.45) is 28.1 Å². The van der Waals surface area contributed by atoms with Gasteiger partial charge in [-0.1, -0.05) is 6.92 Å². The summed E-state index contributed by atoms with van der Waals surface area (Å²) in [4.78, 5) is 14.2.